The van der Waals surface area contributed by atoms with Gasteiger partial charge in [-0.25, -0.2) is 4.39 Å². The highest BCUT2D eigenvalue weighted by atomic mass is 19.1. The fraction of sp³-hybridized carbons (Fsp3) is 0.250. The Hall–Kier alpha value is -3.62. The molecule has 0 aliphatic heterocycles. The van der Waals surface area contributed by atoms with Gasteiger partial charge >= 0.3 is 0 Å². The van der Waals surface area contributed by atoms with E-state index in [0.717, 1.165) is 30.3 Å². The van der Waals surface area contributed by atoms with Crippen LogP contribution in [0.3, 0.4) is 0 Å². The van der Waals surface area contributed by atoms with Crippen LogP contribution in [0.2, 0.25) is 0 Å². The molecule has 4 aromatic rings. The maximum atomic E-state index is 14.0. The van der Waals surface area contributed by atoms with Gasteiger partial charge in [0.25, 0.3) is 5.91 Å². The number of aromatic nitrogens is 6. The Labute approximate surface area is 166 Å². The molecule has 0 atom stereocenters. The van der Waals surface area contributed by atoms with Gasteiger partial charge in [0.15, 0.2) is 11.3 Å². The molecule has 0 unspecified atom stereocenters. The number of unbranched alkanes of at least 4 members (excludes halogenated alkanes) is 1. The lowest BCUT2D eigenvalue weighted by molar-refractivity contribution is 0.0958. The predicted molar refractivity (Wildman–Crippen MR) is 106 cm³/mol. The van der Waals surface area contributed by atoms with E-state index in [2.05, 4.69) is 30.8 Å². The average Bonchev–Trinajstić information content (AvgIpc) is 3.37. The molecule has 0 fully saturated rings. The van der Waals surface area contributed by atoms with Crippen LogP contribution in [-0.4, -0.2) is 43.1 Å². The van der Waals surface area contributed by atoms with Crippen molar-refractivity contribution in [2.45, 2.75) is 25.8 Å². The summed E-state index contributed by atoms with van der Waals surface area (Å²) in [6, 6.07) is 10.5. The lowest BCUT2D eigenvalue weighted by atomic mass is 10.1. The number of carbonyl (C=O) groups excluding carboxylic acids is 1. The quantitative estimate of drug-likeness (QED) is 0.470. The number of amides is 1. The Kier molecular flexibility index (Phi) is 5.28. The summed E-state index contributed by atoms with van der Waals surface area (Å²) in [6.45, 7) is 0.668. The Morgan fingerprint density at radius 3 is 2.86 bits per heavy atom. The van der Waals surface area contributed by atoms with Crippen LogP contribution < -0.4 is 5.32 Å². The van der Waals surface area contributed by atoms with Crippen molar-refractivity contribution in [3.63, 3.8) is 0 Å². The van der Waals surface area contributed by atoms with E-state index in [1.165, 1.54) is 6.07 Å². The van der Waals surface area contributed by atoms with Gasteiger partial charge in [0.1, 0.15) is 5.82 Å². The van der Waals surface area contributed by atoms with Crippen LogP contribution in [0.25, 0.3) is 22.3 Å². The highest BCUT2D eigenvalue weighted by molar-refractivity contribution is 5.91. The molecule has 0 bridgehead atoms. The fourth-order valence-corrected chi connectivity index (χ4v) is 3.14. The van der Waals surface area contributed by atoms with Gasteiger partial charge in [0, 0.05) is 24.5 Å². The zero-order chi connectivity index (χ0) is 20.2. The van der Waals surface area contributed by atoms with Gasteiger partial charge in [-0.05, 0) is 43.5 Å². The number of rotatable bonds is 7. The van der Waals surface area contributed by atoms with Gasteiger partial charge in [0.05, 0.1) is 17.6 Å². The van der Waals surface area contributed by atoms with Crippen LogP contribution in [-0.2, 0) is 13.0 Å². The van der Waals surface area contributed by atoms with Crippen LogP contribution in [0.1, 0.15) is 29.0 Å². The van der Waals surface area contributed by atoms with Gasteiger partial charge in [-0.15, -0.1) is 10.2 Å². The minimum absolute atomic E-state index is 0.249. The predicted octanol–water partition coefficient (Wildman–Crippen LogP) is 2.74. The number of H-pyrrole nitrogens is 1. The number of fused-ring (bicyclic) bond motifs is 1. The number of carbonyl (C=O) groups is 1. The molecule has 29 heavy (non-hydrogen) atoms. The number of hydrogen-bond donors (Lipinski definition) is 2. The second-order valence-electron chi connectivity index (χ2n) is 6.71. The minimum atomic E-state index is -0.278. The number of nitrogens with zero attached hydrogens (tertiary/aromatic N) is 5. The van der Waals surface area contributed by atoms with Crippen molar-refractivity contribution in [3.05, 3.63) is 59.8 Å². The second-order valence-corrected chi connectivity index (χ2v) is 6.71. The summed E-state index contributed by atoms with van der Waals surface area (Å²) in [4.78, 5) is 14.6. The third-order valence-corrected chi connectivity index (χ3v) is 4.66. The molecule has 0 saturated carbocycles. The van der Waals surface area contributed by atoms with E-state index < -0.39 is 0 Å². The maximum Gasteiger partial charge on any atom is 0.273 e. The van der Waals surface area contributed by atoms with E-state index in [9.17, 15) is 9.18 Å². The summed E-state index contributed by atoms with van der Waals surface area (Å²) >= 11 is 0. The van der Waals surface area contributed by atoms with Gasteiger partial charge in [-0.2, -0.15) is 5.10 Å². The molecular weight excluding hydrogens is 373 g/mol. The first-order valence-electron chi connectivity index (χ1n) is 9.36. The monoisotopic (exact) mass is 393 g/mol. The van der Waals surface area contributed by atoms with Crippen molar-refractivity contribution >= 4 is 16.9 Å². The summed E-state index contributed by atoms with van der Waals surface area (Å²) < 4.78 is 15.7. The topological polar surface area (TPSA) is 101 Å². The summed E-state index contributed by atoms with van der Waals surface area (Å²) in [7, 11) is 1.56. The number of benzene rings is 1. The zero-order valence-corrected chi connectivity index (χ0v) is 15.9. The molecule has 1 amide bonds. The van der Waals surface area contributed by atoms with Crippen molar-refractivity contribution in [1.82, 2.24) is 35.5 Å². The van der Waals surface area contributed by atoms with Gasteiger partial charge in [0.2, 0.25) is 0 Å². The van der Waals surface area contributed by atoms with Gasteiger partial charge in [-0.1, -0.05) is 17.3 Å². The Morgan fingerprint density at radius 2 is 2.03 bits per heavy atom. The zero-order valence-electron chi connectivity index (χ0n) is 15.9. The van der Waals surface area contributed by atoms with Crippen LogP contribution in [0.15, 0.2) is 42.6 Å². The minimum Gasteiger partial charge on any atom is -0.354 e. The van der Waals surface area contributed by atoms with E-state index in [-0.39, 0.29) is 11.7 Å². The number of halogens is 1. The summed E-state index contributed by atoms with van der Waals surface area (Å²) in [6.07, 6.45) is 4.15. The highest BCUT2D eigenvalue weighted by Crippen LogP contribution is 2.25. The van der Waals surface area contributed by atoms with Crippen molar-refractivity contribution in [3.8, 4) is 11.3 Å². The molecule has 148 valence electrons. The first-order valence-corrected chi connectivity index (χ1v) is 9.36. The molecule has 3 aromatic heterocycles. The van der Waals surface area contributed by atoms with Crippen molar-refractivity contribution in [2.24, 2.45) is 0 Å². The average molecular weight is 393 g/mol. The smallest absolute Gasteiger partial charge is 0.273 e. The molecule has 0 spiro atoms. The lowest BCUT2D eigenvalue weighted by Gasteiger charge is -2.01. The van der Waals surface area contributed by atoms with Crippen molar-refractivity contribution in [1.29, 1.82) is 0 Å². The highest BCUT2D eigenvalue weighted by Gasteiger charge is 2.10. The molecule has 9 heteroatoms. The van der Waals surface area contributed by atoms with Crippen molar-refractivity contribution < 1.29 is 9.18 Å². The SMILES string of the molecule is CNC(=O)c1cn(CCCCc2cc3cc(-c4ccccc4F)[nH]c3nn2)nn1. The van der Waals surface area contributed by atoms with E-state index in [1.54, 1.807) is 36.1 Å². The first kappa shape index (κ1) is 18.7. The number of aromatic amines is 1. The molecule has 0 aliphatic rings. The summed E-state index contributed by atoms with van der Waals surface area (Å²) in [5.74, 6) is -0.527. The first-order chi connectivity index (χ1) is 14.1. The Bertz CT molecular complexity index is 1150. The summed E-state index contributed by atoms with van der Waals surface area (Å²) in [5, 5.41) is 19.7. The molecule has 3 heterocycles. The molecule has 0 aliphatic carbocycles. The largest absolute Gasteiger partial charge is 0.354 e. The number of aryl methyl sites for hydroxylation is 2. The Balaban J connectivity index is 1.37. The number of hydrogen-bond acceptors (Lipinski definition) is 5. The van der Waals surface area contributed by atoms with Crippen LogP contribution in [0.5, 0.6) is 0 Å². The molecular formula is C20H20FN7O. The standard InChI is InChI=1S/C20H20FN7O/c1-22-20(29)18-12-28(27-25-18)9-5-4-6-14-10-13-11-17(23-19(13)26-24-14)15-7-2-3-8-16(15)21/h2-3,7-8,10-12H,4-6,9H2,1H3,(H,22,29)(H,23,26). The van der Waals surface area contributed by atoms with Gasteiger partial charge in [-0.3, -0.25) is 9.48 Å². The normalized spacial score (nSPS) is 11.1. The molecule has 0 radical (unpaired) electrons. The van der Waals surface area contributed by atoms with Crippen LogP contribution >= 0.6 is 0 Å². The Morgan fingerprint density at radius 1 is 1.17 bits per heavy atom. The number of nitrogens with one attached hydrogen (secondary N) is 2. The molecule has 4 rings (SSSR count). The maximum absolute atomic E-state index is 14.0. The van der Waals surface area contributed by atoms with E-state index in [4.69, 9.17) is 0 Å². The van der Waals surface area contributed by atoms with Gasteiger partial charge < -0.3 is 10.3 Å². The third kappa shape index (κ3) is 4.13. The molecule has 0 saturated heterocycles. The van der Waals surface area contributed by atoms with E-state index >= 15 is 0 Å². The fourth-order valence-electron chi connectivity index (χ4n) is 3.14. The molecule has 1 aromatic carbocycles. The molecule has 2 N–H and O–H groups in total. The lowest BCUT2D eigenvalue weighted by Crippen LogP contribution is -2.18. The van der Waals surface area contributed by atoms with Crippen LogP contribution in [0, 0.1) is 5.82 Å². The van der Waals surface area contributed by atoms with E-state index in [0.29, 0.717) is 29.1 Å². The van der Waals surface area contributed by atoms with Crippen LogP contribution in [0.4, 0.5) is 4.39 Å². The third-order valence-electron chi connectivity index (χ3n) is 4.66. The van der Waals surface area contributed by atoms with E-state index in [1.807, 2.05) is 12.1 Å². The molecule has 8 nitrogen and oxygen atoms in total. The second kappa shape index (κ2) is 8.17. The van der Waals surface area contributed by atoms with Crippen molar-refractivity contribution in [2.75, 3.05) is 7.05 Å². The summed E-state index contributed by atoms with van der Waals surface area (Å²) in [5.41, 5.74) is 3.01.